The minimum atomic E-state index is 0.0748. The Hall–Kier alpha value is -3.23. The summed E-state index contributed by atoms with van der Waals surface area (Å²) in [5.74, 6) is 1.70. The Morgan fingerprint density at radius 1 is 1.33 bits per heavy atom. The molecule has 1 aromatic carbocycles. The average Bonchev–Trinajstić information content (AvgIpc) is 3.47. The molecule has 0 spiro atoms. The van der Waals surface area contributed by atoms with E-state index >= 15 is 0 Å². The maximum atomic E-state index is 10.8. The number of hydrogen-bond acceptors (Lipinski definition) is 8. The number of fused-ring (bicyclic) bond motifs is 2. The van der Waals surface area contributed by atoms with Crippen LogP contribution in [0, 0.1) is 0 Å². The Morgan fingerprint density at radius 2 is 2.23 bits per heavy atom. The van der Waals surface area contributed by atoms with Gasteiger partial charge in [-0.25, -0.2) is 4.98 Å². The quantitative estimate of drug-likeness (QED) is 0.662. The molecule has 2 aromatic heterocycles. The molecular formula is C22H23N5O3. The van der Waals surface area contributed by atoms with Crippen molar-refractivity contribution >= 4 is 28.6 Å². The summed E-state index contributed by atoms with van der Waals surface area (Å²) >= 11 is 0. The molecule has 0 amide bonds. The Morgan fingerprint density at radius 3 is 3.07 bits per heavy atom. The van der Waals surface area contributed by atoms with E-state index in [0.717, 1.165) is 36.3 Å². The molecule has 154 valence electrons. The fourth-order valence-corrected chi connectivity index (χ4v) is 4.28. The van der Waals surface area contributed by atoms with Gasteiger partial charge in [-0.3, -0.25) is 4.90 Å². The first-order valence-electron chi connectivity index (χ1n) is 10.0. The van der Waals surface area contributed by atoms with Crippen molar-refractivity contribution in [3.8, 4) is 11.5 Å². The first-order chi connectivity index (χ1) is 14.7. The highest BCUT2D eigenvalue weighted by Crippen LogP contribution is 2.42. The Kier molecular flexibility index (Phi) is 4.72. The van der Waals surface area contributed by atoms with E-state index in [4.69, 9.17) is 14.9 Å². The monoisotopic (exact) mass is 405 g/mol. The predicted molar refractivity (Wildman–Crippen MR) is 114 cm³/mol. The third kappa shape index (κ3) is 3.05. The van der Waals surface area contributed by atoms with Crippen molar-refractivity contribution < 1.29 is 14.3 Å². The second kappa shape index (κ2) is 7.55. The maximum Gasteiger partial charge on any atom is 0.183 e. The number of azo groups is 1. The van der Waals surface area contributed by atoms with Crippen molar-refractivity contribution in [2.75, 3.05) is 20.2 Å². The number of pyridine rings is 1. The summed E-state index contributed by atoms with van der Waals surface area (Å²) in [5.41, 5.74) is 8.88. The summed E-state index contributed by atoms with van der Waals surface area (Å²) < 4.78 is 11.7. The lowest BCUT2D eigenvalue weighted by Crippen LogP contribution is -2.34. The Labute approximate surface area is 173 Å². The topological polar surface area (TPSA) is 109 Å². The molecule has 2 aliphatic heterocycles. The van der Waals surface area contributed by atoms with Crippen LogP contribution in [0.15, 0.2) is 45.1 Å². The average molecular weight is 405 g/mol. The van der Waals surface area contributed by atoms with Gasteiger partial charge in [-0.05, 0) is 43.7 Å². The number of nitrogens with zero attached hydrogens (tertiary/aromatic N) is 4. The lowest BCUT2D eigenvalue weighted by atomic mass is 10.1. The fraction of sp³-hybridized carbons (Fsp3) is 0.318. The fourth-order valence-electron chi connectivity index (χ4n) is 4.28. The van der Waals surface area contributed by atoms with Crippen molar-refractivity contribution in [1.29, 1.82) is 0 Å². The number of ether oxygens (including phenoxy) is 1. The molecule has 5 rings (SSSR count). The van der Waals surface area contributed by atoms with Crippen LogP contribution in [-0.4, -0.2) is 41.2 Å². The number of aromatic nitrogens is 1. The molecule has 0 bridgehead atoms. The summed E-state index contributed by atoms with van der Waals surface area (Å²) in [6, 6.07) is 7.75. The van der Waals surface area contributed by atoms with E-state index in [0.29, 0.717) is 47.4 Å². The van der Waals surface area contributed by atoms with Crippen LogP contribution in [-0.2, 0) is 6.54 Å². The molecule has 30 heavy (non-hydrogen) atoms. The molecule has 4 heterocycles. The molecule has 1 atom stereocenters. The molecule has 1 saturated heterocycles. The zero-order valence-corrected chi connectivity index (χ0v) is 16.7. The maximum absolute atomic E-state index is 10.8. The smallest absolute Gasteiger partial charge is 0.183 e. The van der Waals surface area contributed by atoms with Gasteiger partial charge in [0.2, 0.25) is 0 Å². The van der Waals surface area contributed by atoms with Crippen LogP contribution >= 0.6 is 0 Å². The van der Waals surface area contributed by atoms with E-state index in [1.807, 2.05) is 24.3 Å². The standard InChI is InChI=1S/C22H23N5O3/c1-29-18-7-6-15-20(28)19(10-17-14-5-2-8-24-22(14)26-25-17)30-21(15)16(18)12-27-9-3-4-13(27)11-23/h2,5-8,10,13,28H,3-4,9,11-12,23H2,1H3. The van der Waals surface area contributed by atoms with Crippen LogP contribution in [0.4, 0.5) is 5.82 Å². The number of methoxy groups -OCH3 is 1. The molecule has 8 nitrogen and oxygen atoms in total. The minimum Gasteiger partial charge on any atom is -0.504 e. The van der Waals surface area contributed by atoms with Gasteiger partial charge >= 0.3 is 0 Å². The van der Waals surface area contributed by atoms with Gasteiger partial charge in [0.25, 0.3) is 0 Å². The van der Waals surface area contributed by atoms with E-state index in [9.17, 15) is 5.11 Å². The summed E-state index contributed by atoms with van der Waals surface area (Å²) in [4.78, 5) is 6.55. The van der Waals surface area contributed by atoms with E-state index in [-0.39, 0.29) is 5.75 Å². The molecule has 2 aliphatic rings. The van der Waals surface area contributed by atoms with Crippen molar-refractivity contribution in [1.82, 2.24) is 9.88 Å². The number of likely N-dealkylation sites (tertiary alicyclic amines) is 1. The summed E-state index contributed by atoms with van der Waals surface area (Å²) in [7, 11) is 1.64. The molecule has 8 heteroatoms. The second-order valence-corrected chi connectivity index (χ2v) is 7.54. The van der Waals surface area contributed by atoms with Gasteiger partial charge in [-0.15, -0.1) is 10.2 Å². The van der Waals surface area contributed by atoms with Crippen LogP contribution in [0.2, 0.25) is 0 Å². The zero-order chi connectivity index (χ0) is 20.7. The lowest BCUT2D eigenvalue weighted by molar-refractivity contribution is 0.246. The first-order valence-corrected chi connectivity index (χ1v) is 10.0. The number of furan rings is 1. The third-order valence-electron chi connectivity index (χ3n) is 5.85. The first kappa shape index (κ1) is 18.8. The number of nitrogens with two attached hydrogens (primary N) is 1. The van der Waals surface area contributed by atoms with Gasteiger partial charge in [0, 0.05) is 37.0 Å². The van der Waals surface area contributed by atoms with Crippen molar-refractivity contribution in [2.45, 2.75) is 25.4 Å². The second-order valence-electron chi connectivity index (χ2n) is 7.54. The lowest BCUT2D eigenvalue weighted by Gasteiger charge is -2.24. The third-order valence-corrected chi connectivity index (χ3v) is 5.85. The number of hydrogen-bond donors (Lipinski definition) is 2. The predicted octanol–water partition coefficient (Wildman–Crippen LogP) is 4.06. The minimum absolute atomic E-state index is 0.0748. The van der Waals surface area contributed by atoms with E-state index in [1.165, 1.54) is 0 Å². The molecule has 0 saturated carbocycles. The molecule has 3 aromatic rings. The summed E-state index contributed by atoms with van der Waals surface area (Å²) in [6.07, 6.45) is 5.58. The van der Waals surface area contributed by atoms with E-state index in [2.05, 4.69) is 20.1 Å². The zero-order valence-electron chi connectivity index (χ0n) is 16.7. The Bertz CT molecular complexity index is 1170. The SMILES string of the molecule is COc1ccc2c(O)c(C=C3N=Nc4ncccc43)oc2c1CN1CCCC1CN. The molecule has 0 aliphatic carbocycles. The normalized spacial score (nSPS) is 19.8. The van der Waals surface area contributed by atoms with Crippen LogP contribution in [0.25, 0.3) is 22.7 Å². The molecule has 0 radical (unpaired) electrons. The van der Waals surface area contributed by atoms with E-state index < -0.39 is 0 Å². The van der Waals surface area contributed by atoms with Crippen LogP contribution < -0.4 is 10.5 Å². The van der Waals surface area contributed by atoms with Gasteiger partial charge in [0.05, 0.1) is 18.1 Å². The largest absolute Gasteiger partial charge is 0.504 e. The van der Waals surface area contributed by atoms with Crippen molar-refractivity contribution in [2.24, 2.45) is 16.0 Å². The van der Waals surface area contributed by atoms with Gasteiger partial charge in [0.1, 0.15) is 17.0 Å². The molecule has 1 unspecified atom stereocenters. The van der Waals surface area contributed by atoms with Gasteiger partial charge in [-0.1, -0.05) is 0 Å². The Balaban J connectivity index is 1.59. The van der Waals surface area contributed by atoms with Crippen molar-refractivity contribution in [3.05, 3.63) is 47.3 Å². The highest BCUT2D eigenvalue weighted by Gasteiger charge is 2.27. The van der Waals surface area contributed by atoms with E-state index in [1.54, 1.807) is 19.4 Å². The number of rotatable bonds is 5. The molecule has 1 fully saturated rings. The molecule has 3 N–H and O–H groups in total. The van der Waals surface area contributed by atoms with Crippen molar-refractivity contribution in [3.63, 3.8) is 0 Å². The summed E-state index contributed by atoms with van der Waals surface area (Å²) in [6.45, 7) is 2.25. The number of aromatic hydroxyl groups is 1. The van der Waals surface area contributed by atoms with Crippen LogP contribution in [0.3, 0.4) is 0 Å². The van der Waals surface area contributed by atoms with Gasteiger partial charge in [-0.2, -0.15) is 0 Å². The molecular weight excluding hydrogens is 382 g/mol. The summed E-state index contributed by atoms with van der Waals surface area (Å²) in [5, 5.41) is 19.7. The highest BCUT2D eigenvalue weighted by atomic mass is 16.5. The van der Waals surface area contributed by atoms with Crippen LogP contribution in [0.5, 0.6) is 11.5 Å². The van der Waals surface area contributed by atoms with Gasteiger partial charge in [0.15, 0.2) is 17.3 Å². The van der Waals surface area contributed by atoms with Crippen LogP contribution in [0.1, 0.15) is 29.7 Å². The highest BCUT2D eigenvalue weighted by molar-refractivity contribution is 5.94. The number of benzene rings is 1. The van der Waals surface area contributed by atoms with Gasteiger partial charge < -0.3 is 20.0 Å².